The molecular weight excluding hydrogens is 268 g/mol. The van der Waals surface area contributed by atoms with Crippen molar-refractivity contribution in [1.82, 2.24) is 10.3 Å². The number of carboxylic acids is 1. The van der Waals surface area contributed by atoms with E-state index >= 15 is 0 Å². The maximum atomic E-state index is 12.1. The first-order chi connectivity index (χ1) is 9.97. The molecule has 1 heterocycles. The van der Waals surface area contributed by atoms with Crippen molar-refractivity contribution in [2.24, 2.45) is 0 Å². The molecule has 2 rings (SSSR count). The molecule has 0 spiro atoms. The fraction of sp³-hybridized carbons (Fsp3) is 0.188. The molecule has 1 atom stereocenters. The summed E-state index contributed by atoms with van der Waals surface area (Å²) in [5.41, 5.74) is 2.07. The molecule has 1 aromatic heterocycles. The molecule has 5 nitrogen and oxygen atoms in total. The number of hydrogen-bond acceptors (Lipinski definition) is 3. The SMILES string of the molecule is Cc1ccc(C(C)NC(=O)c2cccc(C(=O)O)n2)cc1. The lowest BCUT2D eigenvalue weighted by molar-refractivity contribution is 0.0690. The van der Waals surface area contributed by atoms with E-state index in [0.717, 1.165) is 11.1 Å². The standard InChI is InChI=1S/C16H16N2O3/c1-10-6-8-12(9-7-10)11(2)17-15(19)13-4-3-5-14(18-13)16(20)21/h3-9,11H,1-2H3,(H,17,19)(H,20,21). The van der Waals surface area contributed by atoms with E-state index in [1.54, 1.807) is 0 Å². The zero-order valence-electron chi connectivity index (χ0n) is 11.8. The van der Waals surface area contributed by atoms with E-state index in [4.69, 9.17) is 5.11 Å². The fourth-order valence-corrected chi connectivity index (χ4v) is 1.89. The molecule has 1 unspecified atom stereocenters. The molecule has 21 heavy (non-hydrogen) atoms. The number of rotatable bonds is 4. The molecule has 2 aromatic rings. The van der Waals surface area contributed by atoms with Gasteiger partial charge < -0.3 is 10.4 Å². The number of carboxylic acid groups (broad SMARTS) is 1. The minimum atomic E-state index is -1.16. The van der Waals surface area contributed by atoms with Crippen LogP contribution < -0.4 is 5.32 Å². The number of carbonyl (C=O) groups is 2. The van der Waals surface area contributed by atoms with Gasteiger partial charge in [-0.2, -0.15) is 0 Å². The molecule has 1 amide bonds. The van der Waals surface area contributed by atoms with E-state index in [2.05, 4.69) is 10.3 Å². The number of amides is 1. The van der Waals surface area contributed by atoms with Crippen LogP contribution >= 0.6 is 0 Å². The Kier molecular flexibility index (Phi) is 4.33. The minimum Gasteiger partial charge on any atom is -0.477 e. The van der Waals surface area contributed by atoms with E-state index in [0.29, 0.717) is 0 Å². The summed E-state index contributed by atoms with van der Waals surface area (Å²) in [6, 6.07) is 12.0. The molecule has 0 radical (unpaired) electrons. The Labute approximate surface area is 122 Å². The summed E-state index contributed by atoms with van der Waals surface area (Å²) >= 11 is 0. The van der Waals surface area contributed by atoms with Crippen LogP contribution in [-0.2, 0) is 0 Å². The number of nitrogens with one attached hydrogen (secondary N) is 1. The van der Waals surface area contributed by atoms with Gasteiger partial charge in [0.1, 0.15) is 11.4 Å². The highest BCUT2D eigenvalue weighted by Crippen LogP contribution is 2.13. The molecule has 0 saturated heterocycles. The summed E-state index contributed by atoms with van der Waals surface area (Å²) in [6.45, 7) is 3.86. The van der Waals surface area contributed by atoms with Gasteiger partial charge in [-0.15, -0.1) is 0 Å². The first kappa shape index (κ1) is 14.7. The molecule has 1 aromatic carbocycles. The fourth-order valence-electron chi connectivity index (χ4n) is 1.89. The molecular formula is C16H16N2O3. The largest absolute Gasteiger partial charge is 0.477 e. The van der Waals surface area contributed by atoms with Crippen molar-refractivity contribution in [1.29, 1.82) is 0 Å². The minimum absolute atomic E-state index is 0.0915. The number of aromatic carboxylic acids is 1. The molecule has 0 bridgehead atoms. The van der Waals surface area contributed by atoms with Crippen LogP contribution in [0.5, 0.6) is 0 Å². The van der Waals surface area contributed by atoms with Crippen molar-refractivity contribution >= 4 is 11.9 Å². The van der Waals surface area contributed by atoms with Crippen molar-refractivity contribution < 1.29 is 14.7 Å². The third kappa shape index (κ3) is 3.66. The van der Waals surface area contributed by atoms with Gasteiger partial charge in [-0.1, -0.05) is 35.9 Å². The highest BCUT2D eigenvalue weighted by atomic mass is 16.4. The third-order valence-corrected chi connectivity index (χ3v) is 3.13. The van der Waals surface area contributed by atoms with Crippen LogP contribution in [0, 0.1) is 6.92 Å². The highest BCUT2D eigenvalue weighted by Gasteiger charge is 2.14. The molecule has 2 N–H and O–H groups in total. The Hall–Kier alpha value is -2.69. The number of hydrogen-bond donors (Lipinski definition) is 2. The van der Waals surface area contributed by atoms with Crippen LogP contribution in [0.15, 0.2) is 42.5 Å². The Morgan fingerprint density at radius 1 is 1.10 bits per heavy atom. The van der Waals surface area contributed by atoms with Gasteiger partial charge in [0.05, 0.1) is 6.04 Å². The summed E-state index contributed by atoms with van der Waals surface area (Å²) in [5.74, 6) is -1.55. The zero-order valence-corrected chi connectivity index (χ0v) is 11.8. The lowest BCUT2D eigenvalue weighted by Gasteiger charge is -2.14. The highest BCUT2D eigenvalue weighted by molar-refractivity contribution is 5.94. The van der Waals surface area contributed by atoms with E-state index in [1.807, 2.05) is 38.1 Å². The van der Waals surface area contributed by atoms with Gasteiger partial charge >= 0.3 is 5.97 Å². The average Bonchev–Trinajstić information content (AvgIpc) is 2.48. The van der Waals surface area contributed by atoms with Crippen LogP contribution in [0.2, 0.25) is 0 Å². The Balaban J connectivity index is 2.12. The third-order valence-electron chi connectivity index (χ3n) is 3.13. The number of aryl methyl sites for hydroxylation is 1. The first-order valence-corrected chi connectivity index (χ1v) is 6.55. The van der Waals surface area contributed by atoms with Gasteiger partial charge in [-0.3, -0.25) is 4.79 Å². The normalized spacial score (nSPS) is 11.7. The molecule has 0 aliphatic rings. The van der Waals surface area contributed by atoms with Gasteiger partial charge in [0.25, 0.3) is 5.91 Å². The van der Waals surface area contributed by atoms with Crippen LogP contribution in [0.3, 0.4) is 0 Å². The quantitative estimate of drug-likeness (QED) is 0.904. The van der Waals surface area contributed by atoms with Crippen LogP contribution in [-0.4, -0.2) is 22.0 Å². The summed E-state index contributed by atoms with van der Waals surface area (Å²) in [6.07, 6.45) is 0. The van der Waals surface area contributed by atoms with Crippen molar-refractivity contribution in [2.45, 2.75) is 19.9 Å². The van der Waals surface area contributed by atoms with E-state index in [-0.39, 0.29) is 17.4 Å². The lowest BCUT2D eigenvalue weighted by atomic mass is 10.1. The predicted octanol–water partition coefficient (Wildman–Crippen LogP) is 2.58. The molecule has 5 heteroatoms. The smallest absolute Gasteiger partial charge is 0.354 e. The molecule has 108 valence electrons. The van der Waals surface area contributed by atoms with Crippen LogP contribution in [0.25, 0.3) is 0 Å². The average molecular weight is 284 g/mol. The van der Waals surface area contributed by atoms with Crippen molar-refractivity contribution in [3.63, 3.8) is 0 Å². The summed E-state index contributed by atoms with van der Waals surface area (Å²) in [5, 5.41) is 11.7. The Bertz CT molecular complexity index is 665. The Morgan fingerprint density at radius 2 is 1.71 bits per heavy atom. The number of aromatic nitrogens is 1. The van der Waals surface area contributed by atoms with Crippen molar-refractivity contribution in [3.05, 3.63) is 65.0 Å². The predicted molar refractivity (Wildman–Crippen MR) is 78.3 cm³/mol. The zero-order chi connectivity index (χ0) is 15.4. The second kappa shape index (κ2) is 6.17. The topological polar surface area (TPSA) is 79.3 Å². The van der Waals surface area contributed by atoms with Crippen molar-refractivity contribution in [2.75, 3.05) is 0 Å². The molecule has 0 fully saturated rings. The van der Waals surface area contributed by atoms with Gasteiger partial charge in [-0.25, -0.2) is 9.78 Å². The summed E-state index contributed by atoms with van der Waals surface area (Å²) in [4.78, 5) is 26.8. The first-order valence-electron chi connectivity index (χ1n) is 6.55. The maximum absolute atomic E-state index is 12.1. The number of pyridine rings is 1. The molecule has 0 saturated carbocycles. The van der Waals surface area contributed by atoms with Gasteiger partial charge in [-0.05, 0) is 31.5 Å². The van der Waals surface area contributed by atoms with Crippen molar-refractivity contribution in [3.8, 4) is 0 Å². The van der Waals surface area contributed by atoms with E-state index in [9.17, 15) is 9.59 Å². The maximum Gasteiger partial charge on any atom is 0.354 e. The van der Waals surface area contributed by atoms with Crippen LogP contribution in [0.4, 0.5) is 0 Å². The van der Waals surface area contributed by atoms with Gasteiger partial charge in [0.2, 0.25) is 0 Å². The van der Waals surface area contributed by atoms with E-state index in [1.165, 1.54) is 18.2 Å². The van der Waals surface area contributed by atoms with Crippen LogP contribution in [0.1, 0.15) is 45.1 Å². The lowest BCUT2D eigenvalue weighted by Crippen LogP contribution is -2.27. The second-order valence-corrected chi connectivity index (χ2v) is 4.82. The van der Waals surface area contributed by atoms with Gasteiger partial charge in [0, 0.05) is 0 Å². The molecule has 0 aliphatic heterocycles. The second-order valence-electron chi connectivity index (χ2n) is 4.82. The monoisotopic (exact) mass is 284 g/mol. The number of carbonyl (C=O) groups excluding carboxylic acids is 1. The summed E-state index contributed by atoms with van der Waals surface area (Å²) in [7, 11) is 0. The number of benzene rings is 1. The van der Waals surface area contributed by atoms with E-state index < -0.39 is 11.9 Å². The molecule has 0 aliphatic carbocycles. The van der Waals surface area contributed by atoms with Gasteiger partial charge in [0.15, 0.2) is 0 Å². The summed E-state index contributed by atoms with van der Waals surface area (Å²) < 4.78 is 0. The number of nitrogens with zero attached hydrogens (tertiary/aromatic N) is 1. The Morgan fingerprint density at radius 3 is 2.33 bits per heavy atom.